The monoisotopic (exact) mass is 516 g/mol. The van der Waals surface area contributed by atoms with Crippen molar-refractivity contribution >= 4 is 12.6 Å². The highest BCUT2D eigenvalue weighted by molar-refractivity contribution is 7.81. The first-order valence-electron chi connectivity index (χ1n) is 15.1. The number of rotatable bonds is 2. The van der Waals surface area contributed by atoms with Gasteiger partial charge in [0.1, 0.15) is 4.93 Å². The van der Waals surface area contributed by atoms with Crippen molar-refractivity contribution in [3.8, 4) is 0 Å². The third-order valence-electron chi connectivity index (χ3n) is 14.7. The van der Waals surface area contributed by atoms with Gasteiger partial charge in [0.15, 0.2) is 0 Å². The third-order valence-corrected chi connectivity index (χ3v) is 15.5. The molecule has 0 amide bonds. The first kappa shape index (κ1) is 27.6. The normalized spacial score (nSPS) is 56.1. The van der Waals surface area contributed by atoms with Crippen LogP contribution in [0.5, 0.6) is 0 Å². The molecule has 5 aliphatic carbocycles. The van der Waals surface area contributed by atoms with Crippen LogP contribution in [0, 0.1) is 62.1 Å². The summed E-state index contributed by atoms with van der Waals surface area (Å²) in [5.41, 5.74) is 2.18. The molecule has 0 bridgehead atoms. The number of fused-ring (bicyclic) bond motifs is 7. The van der Waals surface area contributed by atoms with E-state index in [4.69, 9.17) is 12.6 Å². The fourth-order valence-electron chi connectivity index (χ4n) is 12.8. The summed E-state index contributed by atoms with van der Waals surface area (Å²) in [5.74, 6) is 2.84. The van der Waals surface area contributed by atoms with Crippen molar-refractivity contribution in [1.82, 2.24) is 0 Å². The van der Waals surface area contributed by atoms with Gasteiger partial charge in [-0.25, -0.2) is 0 Å². The molecule has 0 aromatic rings. The highest BCUT2D eigenvalue weighted by Gasteiger charge is 2.73. The van der Waals surface area contributed by atoms with Crippen LogP contribution < -0.4 is 0 Å². The van der Waals surface area contributed by atoms with E-state index in [2.05, 4.69) is 68.9 Å². The van der Waals surface area contributed by atoms with Gasteiger partial charge in [0.25, 0.3) is 0 Å². The molecule has 2 nitrogen and oxygen atoms in total. The highest BCUT2D eigenvalue weighted by Crippen LogP contribution is 2.79. The largest absolute Gasteiger partial charge is 0.393 e. The molecule has 0 aliphatic heterocycles. The summed E-state index contributed by atoms with van der Waals surface area (Å²) in [7, 11) is 0. The van der Waals surface area contributed by atoms with E-state index >= 15 is 0 Å². The van der Waals surface area contributed by atoms with Crippen molar-refractivity contribution in [2.75, 3.05) is 0 Å². The number of aliphatic hydroxyl groups excluding tert-OH is 1. The van der Waals surface area contributed by atoms with Crippen molar-refractivity contribution < 1.29 is 10.2 Å². The molecule has 2 unspecified atom stereocenters. The van der Waals surface area contributed by atoms with Gasteiger partial charge >= 0.3 is 0 Å². The molecular weight excluding hydrogens is 460 g/mol. The zero-order valence-electron chi connectivity index (χ0n) is 24.9. The second-order valence-corrected chi connectivity index (χ2v) is 17.4. The van der Waals surface area contributed by atoms with Crippen LogP contribution >= 0.6 is 12.6 Å². The van der Waals surface area contributed by atoms with Gasteiger partial charge in [-0.05, 0) is 123 Å². The van der Waals surface area contributed by atoms with Crippen LogP contribution in [0.25, 0.3) is 0 Å². The Morgan fingerprint density at radius 2 is 1.50 bits per heavy atom. The summed E-state index contributed by atoms with van der Waals surface area (Å²) >= 11 is 4.82. The van der Waals surface area contributed by atoms with E-state index < -0.39 is 4.93 Å². The summed E-state index contributed by atoms with van der Waals surface area (Å²) < 4.78 is 0. The maximum absolute atomic E-state index is 11.4. The van der Waals surface area contributed by atoms with Crippen LogP contribution in [0.15, 0.2) is 12.2 Å². The van der Waals surface area contributed by atoms with Crippen molar-refractivity contribution in [3.05, 3.63) is 12.2 Å². The predicted molar refractivity (Wildman–Crippen MR) is 154 cm³/mol. The van der Waals surface area contributed by atoms with Crippen molar-refractivity contribution in [2.24, 2.45) is 62.1 Å². The fourth-order valence-corrected chi connectivity index (χ4v) is 13.1. The SMILES string of the molecule is C=C(C)[C@H]1[C@@H]2C3CC[C@@H]4[C@@]5(C)CC[C@@](O)(S)C(C)(C)[C@@H]5CC[C@@]4(C)[C@]3(C)CC[C@@]2(C(C)O)CC1(C)C. The van der Waals surface area contributed by atoms with Crippen LogP contribution in [0.2, 0.25) is 0 Å². The lowest BCUT2D eigenvalue weighted by Gasteiger charge is -2.73. The number of aliphatic hydroxyl groups is 2. The molecule has 0 heterocycles. The molecule has 36 heavy (non-hydrogen) atoms. The van der Waals surface area contributed by atoms with E-state index in [-0.39, 0.29) is 33.2 Å². The van der Waals surface area contributed by atoms with Crippen LogP contribution in [0.1, 0.15) is 120 Å². The second-order valence-electron chi connectivity index (χ2n) is 16.6. The van der Waals surface area contributed by atoms with Crippen LogP contribution in [0.3, 0.4) is 0 Å². The minimum Gasteiger partial charge on any atom is -0.393 e. The molecule has 5 aliphatic rings. The topological polar surface area (TPSA) is 40.5 Å². The Kier molecular flexibility index (Phi) is 5.98. The van der Waals surface area contributed by atoms with Crippen LogP contribution in [-0.2, 0) is 0 Å². The molecule has 5 rings (SSSR count). The van der Waals surface area contributed by atoms with E-state index in [1.807, 2.05) is 0 Å². The van der Waals surface area contributed by atoms with Gasteiger partial charge in [0.2, 0.25) is 0 Å². The first-order chi connectivity index (χ1) is 16.3. The Hall–Kier alpha value is 0.01000. The summed E-state index contributed by atoms with van der Waals surface area (Å²) in [6.07, 6.45) is 10.2. The van der Waals surface area contributed by atoms with Crippen LogP contribution in [-0.4, -0.2) is 21.3 Å². The molecule has 206 valence electrons. The molecule has 0 aromatic carbocycles. The van der Waals surface area contributed by atoms with Gasteiger partial charge in [-0.2, -0.15) is 0 Å². The lowest BCUT2D eigenvalue weighted by atomic mass is 9.32. The quantitative estimate of drug-likeness (QED) is 0.196. The zero-order valence-corrected chi connectivity index (χ0v) is 25.8. The molecule has 5 saturated carbocycles. The number of allylic oxidation sites excluding steroid dienone is 1. The lowest BCUT2D eigenvalue weighted by Crippen LogP contribution is -2.68. The van der Waals surface area contributed by atoms with E-state index in [1.54, 1.807) is 0 Å². The Bertz CT molecular complexity index is 934. The maximum atomic E-state index is 11.4. The van der Waals surface area contributed by atoms with Crippen LogP contribution in [0.4, 0.5) is 0 Å². The summed E-state index contributed by atoms with van der Waals surface area (Å²) in [4.78, 5) is -0.877. The Morgan fingerprint density at radius 3 is 2.08 bits per heavy atom. The third kappa shape index (κ3) is 3.12. The summed E-state index contributed by atoms with van der Waals surface area (Å²) in [6.45, 7) is 26.3. The minimum absolute atomic E-state index is 0.0247. The second kappa shape index (κ2) is 7.81. The summed E-state index contributed by atoms with van der Waals surface area (Å²) in [5, 5.41) is 22.7. The zero-order chi connectivity index (χ0) is 26.9. The maximum Gasteiger partial charge on any atom is 0.113 e. The minimum atomic E-state index is -0.877. The molecule has 0 spiro atoms. The Morgan fingerprint density at radius 1 is 0.861 bits per heavy atom. The molecule has 11 atom stereocenters. The molecule has 0 aromatic heterocycles. The van der Waals surface area contributed by atoms with Gasteiger partial charge in [0.05, 0.1) is 6.10 Å². The van der Waals surface area contributed by atoms with Crippen molar-refractivity contribution in [2.45, 2.75) is 131 Å². The molecule has 0 saturated heterocycles. The average molecular weight is 517 g/mol. The van der Waals surface area contributed by atoms with E-state index in [0.29, 0.717) is 35.0 Å². The molecule has 3 heteroatoms. The number of hydrogen-bond donors (Lipinski definition) is 3. The Labute approximate surface area is 227 Å². The van der Waals surface area contributed by atoms with Gasteiger partial charge < -0.3 is 10.2 Å². The van der Waals surface area contributed by atoms with Crippen molar-refractivity contribution in [1.29, 1.82) is 0 Å². The molecule has 0 radical (unpaired) electrons. The van der Waals surface area contributed by atoms with Gasteiger partial charge in [-0.1, -0.05) is 60.6 Å². The van der Waals surface area contributed by atoms with E-state index in [0.717, 1.165) is 25.7 Å². The number of thiol groups is 1. The standard InChI is InChI=1S/C33H56O2S/c1-20(2)25-26-22-11-12-24-29(8)15-18-33(35,36)28(6,7)23(29)13-14-31(24,10)30(22,9)16-17-32(26,21(3)34)19-27(25,4)5/h21-26,34-36H,1,11-19H2,2-10H3/t21?,22?,23-,24+,25-,26-,29-,30+,31+,32-,33+/m0/s1. The fraction of sp³-hybridized carbons (Fsp3) is 0.939. The smallest absolute Gasteiger partial charge is 0.113 e. The van der Waals surface area contributed by atoms with Gasteiger partial charge in [0, 0.05) is 10.8 Å². The predicted octanol–water partition coefficient (Wildman–Crippen LogP) is 8.28. The number of hydrogen-bond acceptors (Lipinski definition) is 3. The average Bonchev–Trinajstić information content (AvgIpc) is 3.00. The summed E-state index contributed by atoms with van der Waals surface area (Å²) in [6, 6.07) is 0. The van der Waals surface area contributed by atoms with E-state index in [1.165, 1.54) is 37.7 Å². The lowest BCUT2D eigenvalue weighted by molar-refractivity contribution is -0.256. The van der Waals surface area contributed by atoms with Gasteiger partial charge in [-0.15, -0.1) is 12.6 Å². The van der Waals surface area contributed by atoms with Crippen molar-refractivity contribution in [3.63, 3.8) is 0 Å². The molecular formula is C33H56O2S. The van der Waals surface area contributed by atoms with Gasteiger partial charge in [-0.3, -0.25) is 0 Å². The molecule has 2 N–H and O–H groups in total. The first-order valence-corrected chi connectivity index (χ1v) is 15.5. The van der Waals surface area contributed by atoms with E-state index in [9.17, 15) is 10.2 Å². The molecule has 5 fully saturated rings. The highest BCUT2D eigenvalue weighted by atomic mass is 32.1. The Balaban J connectivity index is 1.59.